The van der Waals surface area contributed by atoms with Crippen LogP contribution in [0, 0.1) is 12.7 Å². The molecule has 0 aliphatic heterocycles. The van der Waals surface area contributed by atoms with Crippen LogP contribution in [0.1, 0.15) is 17.2 Å². The van der Waals surface area contributed by atoms with Gasteiger partial charge in [-0.2, -0.15) is 0 Å². The van der Waals surface area contributed by atoms with Gasteiger partial charge in [-0.3, -0.25) is 0 Å². The molecule has 0 fully saturated rings. The van der Waals surface area contributed by atoms with Crippen molar-refractivity contribution in [1.29, 1.82) is 0 Å². The molecule has 1 atom stereocenters. The number of amides is 2. The van der Waals surface area contributed by atoms with Crippen LogP contribution in [-0.2, 0) is 0 Å². The van der Waals surface area contributed by atoms with Gasteiger partial charge in [0.15, 0.2) is 0 Å². The molecule has 0 aliphatic rings. The lowest BCUT2D eigenvalue weighted by Gasteiger charge is -2.26. The summed E-state index contributed by atoms with van der Waals surface area (Å²) in [7, 11) is 1.54. The lowest BCUT2D eigenvalue weighted by atomic mass is 10.1. The van der Waals surface area contributed by atoms with E-state index in [0.29, 0.717) is 22.6 Å². The number of anilines is 1. The van der Waals surface area contributed by atoms with Crippen LogP contribution in [0.2, 0.25) is 0 Å². The number of benzene rings is 2. The fraction of sp³-hybridized carbons (Fsp3) is 0.235. The van der Waals surface area contributed by atoms with Crippen molar-refractivity contribution in [3.63, 3.8) is 0 Å². The van der Waals surface area contributed by atoms with Gasteiger partial charge in [0, 0.05) is 5.69 Å². The van der Waals surface area contributed by atoms with E-state index in [-0.39, 0.29) is 0 Å². The zero-order valence-electron chi connectivity index (χ0n) is 13.4. The Morgan fingerprint density at radius 2 is 1.80 bits per heavy atom. The molecule has 0 spiro atoms. The first-order valence-electron chi connectivity index (χ1n) is 7.25. The average Bonchev–Trinajstić information content (AvgIpc) is 2.55. The van der Waals surface area contributed by atoms with Gasteiger partial charge in [0.05, 0.1) is 7.11 Å². The quantitative estimate of drug-likeness (QED) is 0.671. The van der Waals surface area contributed by atoms with E-state index in [9.17, 15) is 9.18 Å². The third-order valence-electron chi connectivity index (χ3n) is 3.48. The lowest BCUT2D eigenvalue weighted by Crippen LogP contribution is -2.39. The van der Waals surface area contributed by atoms with E-state index >= 15 is 0 Å². The van der Waals surface area contributed by atoms with E-state index in [1.807, 2.05) is 0 Å². The Morgan fingerprint density at radius 3 is 2.32 bits per heavy atom. The van der Waals surface area contributed by atoms with Crippen molar-refractivity contribution in [3.05, 3.63) is 59.4 Å². The standard InChI is InChI=1S/C17H16Cl3FN2O2/c1-10-3-4-11(9-14(10)21)15(17(18,19)20)23-16(24)22-12-5-7-13(25-2)8-6-12/h3-9,15H,1-2H3,(H2,22,23,24)/t15-/m0/s1. The first-order chi connectivity index (χ1) is 11.7. The van der Waals surface area contributed by atoms with Crippen molar-refractivity contribution in [2.45, 2.75) is 16.8 Å². The lowest BCUT2D eigenvalue weighted by molar-refractivity contribution is 0.248. The van der Waals surface area contributed by atoms with Crippen LogP contribution in [0.25, 0.3) is 0 Å². The number of rotatable bonds is 4. The van der Waals surface area contributed by atoms with Gasteiger partial charge in [-0.05, 0) is 48.4 Å². The fourth-order valence-electron chi connectivity index (χ4n) is 2.12. The number of carbonyl (C=O) groups excluding carboxylic acids is 1. The molecule has 4 nitrogen and oxygen atoms in total. The molecule has 2 amide bonds. The number of hydrogen-bond acceptors (Lipinski definition) is 2. The minimum absolute atomic E-state index is 0.341. The molecular weight excluding hydrogens is 390 g/mol. The number of carbonyl (C=O) groups is 1. The maximum Gasteiger partial charge on any atom is 0.319 e. The highest BCUT2D eigenvalue weighted by Crippen LogP contribution is 2.40. The predicted octanol–water partition coefficient (Wildman–Crippen LogP) is 5.38. The largest absolute Gasteiger partial charge is 0.497 e. The third kappa shape index (κ3) is 5.39. The highest BCUT2D eigenvalue weighted by Gasteiger charge is 2.35. The van der Waals surface area contributed by atoms with E-state index in [1.165, 1.54) is 6.07 Å². The molecule has 0 radical (unpaired) electrons. The molecule has 0 saturated carbocycles. The van der Waals surface area contributed by atoms with Crippen molar-refractivity contribution < 1.29 is 13.9 Å². The Hall–Kier alpha value is -1.69. The Balaban J connectivity index is 2.15. The van der Waals surface area contributed by atoms with Crippen LogP contribution in [-0.4, -0.2) is 16.9 Å². The second kappa shape index (κ2) is 8.13. The van der Waals surface area contributed by atoms with E-state index < -0.39 is 21.7 Å². The van der Waals surface area contributed by atoms with E-state index in [0.717, 1.165) is 0 Å². The highest BCUT2D eigenvalue weighted by molar-refractivity contribution is 6.68. The molecule has 0 heterocycles. The van der Waals surface area contributed by atoms with Crippen molar-refractivity contribution >= 4 is 46.5 Å². The Kier molecular flexibility index (Phi) is 6.38. The van der Waals surface area contributed by atoms with Crippen LogP contribution in [0.3, 0.4) is 0 Å². The van der Waals surface area contributed by atoms with Gasteiger partial charge in [0.2, 0.25) is 3.79 Å². The smallest absolute Gasteiger partial charge is 0.319 e. The summed E-state index contributed by atoms with van der Waals surface area (Å²) in [4.78, 5) is 12.2. The Labute approximate surface area is 160 Å². The minimum atomic E-state index is -1.86. The molecule has 0 bridgehead atoms. The Morgan fingerprint density at radius 1 is 1.16 bits per heavy atom. The van der Waals surface area contributed by atoms with Gasteiger partial charge in [0.25, 0.3) is 0 Å². The van der Waals surface area contributed by atoms with Crippen LogP contribution in [0.15, 0.2) is 42.5 Å². The number of hydrogen-bond donors (Lipinski definition) is 2. The maximum absolute atomic E-state index is 13.8. The zero-order valence-corrected chi connectivity index (χ0v) is 15.7. The minimum Gasteiger partial charge on any atom is -0.497 e. The summed E-state index contributed by atoms with van der Waals surface area (Å²) >= 11 is 17.9. The van der Waals surface area contributed by atoms with Gasteiger partial charge in [0.1, 0.15) is 17.6 Å². The molecule has 2 aromatic carbocycles. The average molecular weight is 406 g/mol. The number of aryl methyl sites for hydroxylation is 1. The van der Waals surface area contributed by atoms with Crippen LogP contribution < -0.4 is 15.4 Å². The molecule has 2 rings (SSSR count). The molecule has 0 saturated heterocycles. The summed E-state index contributed by atoms with van der Waals surface area (Å²) in [5.74, 6) is 0.203. The fourth-order valence-corrected chi connectivity index (χ4v) is 2.66. The van der Waals surface area contributed by atoms with Gasteiger partial charge in [-0.25, -0.2) is 9.18 Å². The van der Waals surface area contributed by atoms with Gasteiger partial charge in [-0.15, -0.1) is 0 Å². The number of halogens is 4. The summed E-state index contributed by atoms with van der Waals surface area (Å²) in [6.45, 7) is 1.62. The molecule has 2 N–H and O–H groups in total. The summed E-state index contributed by atoms with van der Waals surface area (Å²) in [5, 5.41) is 5.17. The molecule has 8 heteroatoms. The molecule has 0 unspecified atom stereocenters. The first kappa shape index (κ1) is 19.6. The number of methoxy groups -OCH3 is 1. The van der Waals surface area contributed by atoms with Crippen molar-refractivity contribution in [1.82, 2.24) is 5.32 Å². The summed E-state index contributed by atoms with van der Waals surface area (Å²) in [6, 6.07) is 9.45. The SMILES string of the molecule is COc1ccc(NC(=O)N[C@@H](c2ccc(C)c(F)c2)C(Cl)(Cl)Cl)cc1. The van der Waals surface area contributed by atoms with Gasteiger partial charge in [-0.1, -0.05) is 46.9 Å². The van der Waals surface area contributed by atoms with Crippen molar-refractivity contribution in [2.75, 3.05) is 12.4 Å². The molecule has 134 valence electrons. The van der Waals surface area contributed by atoms with E-state index in [1.54, 1.807) is 50.4 Å². The number of urea groups is 1. The highest BCUT2D eigenvalue weighted by atomic mass is 35.6. The topological polar surface area (TPSA) is 50.4 Å². The summed E-state index contributed by atoms with van der Waals surface area (Å²) < 4.78 is 17.0. The van der Waals surface area contributed by atoms with Crippen LogP contribution in [0.5, 0.6) is 5.75 Å². The molecule has 0 aliphatic carbocycles. The monoisotopic (exact) mass is 404 g/mol. The molecule has 2 aromatic rings. The first-order valence-corrected chi connectivity index (χ1v) is 8.38. The zero-order chi connectivity index (χ0) is 18.6. The normalized spacial score (nSPS) is 12.4. The van der Waals surface area contributed by atoms with Crippen molar-refractivity contribution in [2.24, 2.45) is 0 Å². The summed E-state index contributed by atoms with van der Waals surface area (Å²) in [6.07, 6.45) is 0. The Bertz CT molecular complexity index is 749. The molecular formula is C17H16Cl3FN2O2. The third-order valence-corrected chi connectivity index (χ3v) is 4.13. The van der Waals surface area contributed by atoms with E-state index in [4.69, 9.17) is 39.5 Å². The van der Waals surface area contributed by atoms with Crippen LogP contribution >= 0.6 is 34.8 Å². The van der Waals surface area contributed by atoms with Crippen LogP contribution in [0.4, 0.5) is 14.9 Å². The molecule has 25 heavy (non-hydrogen) atoms. The maximum atomic E-state index is 13.8. The van der Waals surface area contributed by atoms with Gasteiger partial charge < -0.3 is 15.4 Å². The van der Waals surface area contributed by atoms with E-state index in [2.05, 4.69) is 10.6 Å². The number of nitrogens with one attached hydrogen (secondary N) is 2. The number of alkyl halides is 3. The summed E-state index contributed by atoms with van der Waals surface area (Å²) in [5.41, 5.74) is 1.32. The second-order valence-electron chi connectivity index (χ2n) is 5.31. The number of ether oxygens (including phenoxy) is 1. The van der Waals surface area contributed by atoms with Gasteiger partial charge >= 0.3 is 6.03 Å². The second-order valence-corrected chi connectivity index (χ2v) is 7.68. The molecule has 0 aromatic heterocycles. The predicted molar refractivity (Wildman–Crippen MR) is 99.3 cm³/mol. The van der Waals surface area contributed by atoms with Crippen molar-refractivity contribution in [3.8, 4) is 5.75 Å².